The first-order valence-electron chi connectivity index (χ1n) is 7.04. The summed E-state index contributed by atoms with van der Waals surface area (Å²) in [6.07, 6.45) is 2.06. The van der Waals surface area contributed by atoms with E-state index in [1.807, 2.05) is 24.3 Å². The molecule has 0 spiro atoms. The van der Waals surface area contributed by atoms with Gasteiger partial charge >= 0.3 is 5.97 Å². The minimum atomic E-state index is -0.891. The Morgan fingerprint density at radius 1 is 1.25 bits per heavy atom. The number of nitrogens with zero attached hydrogens (tertiary/aromatic N) is 1. The van der Waals surface area contributed by atoms with Crippen molar-refractivity contribution in [1.82, 2.24) is 4.90 Å². The normalized spacial score (nSPS) is 24.9. The fourth-order valence-electron chi connectivity index (χ4n) is 3.21. The molecule has 3 rings (SSSR count). The van der Waals surface area contributed by atoms with Gasteiger partial charge in [0, 0.05) is 18.8 Å². The minimum absolute atomic E-state index is 0.0381. The molecule has 1 amide bonds. The Labute approximate surface area is 117 Å². The van der Waals surface area contributed by atoms with Gasteiger partial charge in [0.2, 0.25) is 5.91 Å². The van der Waals surface area contributed by atoms with Crippen molar-refractivity contribution in [1.29, 1.82) is 0 Å². The van der Waals surface area contributed by atoms with Crippen LogP contribution in [0.1, 0.15) is 30.7 Å². The van der Waals surface area contributed by atoms with Crippen molar-refractivity contribution in [2.45, 2.75) is 31.2 Å². The highest BCUT2D eigenvalue weighted by Crippen LogP contribution is 2.34. The number of para-hydroxylation sites is 1. The molecule has 106 valence electrons. The first-order chi connectivity index (χ1) is 9.68. The second-order valence-corrected chi connectivity index (χ2v) is 5.38. The minimum Gasteiger partial charge on any atom is -0.480 e. The maximum Gasteiger partial charge on any atom is 0.326 e. The van der Waals surface area contributed by atoms with Gasteiger partial charge in [-0.05, 0) is 30.9 Å². The van der Waals surface area contributed by atoms with E-state index in [9.17, 15) is 14.7 Å². The first kappa shape index (κ1) is 13.0. The van der Waals surface area contributed by atoms with Crippen molar-refractivity contribution in [3.8, 4) is 0 Å². The van der Waals surface area contributed by atoms with Gasteiger partial charge < -0.3 is 15.3 Å². The van der Waals surface area contributed by atoms with Crippen LogP contribution in [0.2, 0.25) is 0 Å². The third-order valence-electron chi connectivity index (χ3n) is 4.20. The van der Waals surface area contributed by atoms with E-state index in [0.717, 1.165) is 30.6 Å². The van der Waals surface area contributed by atoms with Crippen molar-refractivity contribution in [2.24, 2.45) is 0 Å². The third kappa shape index (κ3) is 2.13. The summed E-state index contributed by atoms with van der Waals surface area (Å²) >= 11 is 0. The van der Waals surface area contributed by atoms with Gasteiger partial charge in [0.1, 0.15) is 6.04 Å². The van der Waals surface area contributed by atoms with Gasteiger partial charge in [0.05, 0.1) is 5.92 Å². The molecule has 20 heavy (non-hydrogen) atoms. The molecular weight excluding hydrogens is 256 g/mol. The Bertz CT molecular complexity index is 544. The van der Waals surface area contributed by atoms with Crippen molar-refractivity contribution in [3.63, 3.8) is 0 Å². The number of fused-ring (bicyclic) bond motifs is 1. The number of carbonyl (C=O) groups excluding carboxylic acids is 1. The number of hydrogen-bond acceptors (Lipinski definition) is 3. The Morgan fingerprint density at radius 3 is 2.85 bits per heavy atom. The highest BCUT2D eigenvalue weighted by molar-refractivity contribution is 5.90. The van der Waals surface area contributed by atoms with E-state index in [1.54, 1.807) is 4.90 Å². The SMILES string of the molecule is O=C(O)[C@@H]1CCCN1C(=O)C1CCNc2ccccc21. The van der Waals surface area contributed by atoms with Gasteiger partial charge in [0.25, 0.3) is 0 Å². The number of carboxylic acids is 1. The zero-order valence-electron chi connectivity index (χ0n) is 11.2. The molecule has 5 heteroatoms. The summed E-state index contributed by atoms with van der Waals surface area (Å²) in [6.45, 7) is 1.31. The predicted octanol–water partition coefficient (Wildman–Crippen LogP) is 1.66. The molecule has 0 aliphatic carbocycles. The molecule has 0 aromatic heterocycles. The van der Waals surface area contributed by atoms with E-state index >= 15 is 0 Å². The van der Waals surface area contributed by atoms with Crippen molar-refractivity contribution >= 4 is 17.6 Å². The lowest BCUT2D eigenvalue weighted by atomic mass is 9.89. The van der Waals surface area contributed by atoms with Crippen LogP contribution in [0, 0.1) is 0 Å². The van der Waals surface area contributed by atoms with Crippen LogP contribution in [0.15, 0.2) is 24.3 Å². The second kappa shape index (κ2) is 5.15. The van der Waals surface area contributed by atoms with Crippen LogP contribution in [0.5, 0.6) is 0 Å². The number of carbonyl (C=O) groups is 2. The zero-order chi connectivity index (χ0) is 14.1. The zero-order valence-corrected chi connectivity index (χ0v) is 11.2. The molecule has 1 fully saturated rings. The number of aliphatic carboxylic acids is 1. The molecule has 1 aromatic rings. The number of benzene rings is 1. The molecule has 1 unspecified atom stereocenters. The molecule has 1 saturated heterocycles. The Hall–Kier alpha value is -2.04. The van der Waals surface area contributed by atoms with Gasteiger partial charge in [-0.15, -0.1) is 0 Å². The number of rotatable bonds is 2. The second-order valence-electron chi connectivity index (χ2n) is 5.38. The maximum atomic E-state index is 12.7. The van der Waals surface area contributed by atoms with E-state index in [1.165, 1.54) is 0 Å². The number of likely N-dealkylation sites (tertiary alicyclic amines) is 1. The van der Waals surface area contributed by atoms with E-state index < -0.39 is 12.0 Å². The largest absolute Gasteiger partial charge is 0.480 e. The quantitative estimate of drug-likeness (QED) is 0.860. The summed E-state index contributed by atoms with van der Waals surface area (Å²) in [5.41, 5.74) is 1.97. The number of carboxylic acid groups (broad SMARTS) is 1. The summed E-state index contributed by atoms with van der Waals surface area (Å²) in [6, 6.07) is 7.13. The van der Waals surface area contributed by atoms with Gasteiger partial charge in [-0.3, -0.25) is 4.79 Å². The highest BCUT2D eigenvalue weighted by Gasteiger charge is 2.38. The number of hydrogen-bond donors (Lipinski definition) is 2. The average Bonchev–Trinajstić information content (AvgIpc) is 2.95. The summed E-state index contributed by atoms with van der Waals surface area (Å²) in [5, 5.41) is 12.5. The lowest BCUT2D eigenvalue weighted by Gasteiger charge is -2.31. The van der Waals surface area contributed by atoms with E-state index in [2.05, 4.69) is 5.32 Å². The average molecular weight is 274 g/mol. The van der Waals surface area contributed by atoms with Crippen LogP contribution in [-0.2, 0) is 9.59 Å². The monoisotopic (exact) mass is 274 g/mol. The van der Waals surface area contributed by atoms with E-state index in [4.69, 9.17) is 0 Å². The molecule has 2 N–H and O–H groups in total. The van der Waals surface area contributed by atoms with E-state index in [0.29, 0.717) is 13.0 Å². The predicted molar refractivity (Wildman–Crippen MR) is 74.7 cm³/mol. The molecule has 2 aliphatic heterocycles. The van der Waals surface area contributed by atoms with Crippen LogP contribution in [0.25, 0.3) is 0 Å². The molecule has 1 aromatic carbocycles. The molecule has 2 heterocycles. The van der Waals surface area contributed by atoms with Crippen LogP contribution in [0.3, 0.4) is 0 Å². The molecule has 0 saturated carbocycles. The number of anilines is 1. The molecule has 0 radical (unpaired) electrons. The maximum absolute atomic E-state index is 12.7. The van der Waals surface area contributed by atoms with Crippen LogP contribution < -0.4 is 5.32 Å². The Morgan fingerprint density at radius 2 is 2.05 bits per heavy atom. The van der Waals surface area contributed by atoms with Gasteiger partial charge in [-0.2, -0.15) is 0 Å². The topological polar surface area (TPSA) is 69.6 Å². The molecular formula is C15H18N2O3. The van der Waals surface area contributed by atoms with Crippen LogP contribution in [0.4, 0.5) is 5.69 Å². The summed E-state index contributed by atoms with van der Waals surface area (Å²) in [4.78, 5) is 25.5. The number of nitrogens with one attached hydrogen (secondary N) is 1. The molecule has 0 bridgehead atoms. The fourth-order valence-corrected chi connectivity index (χ4v) is 3.21. The third-order valence-corrected chi connectivity index (χ3v) is 4.20. The van der Waals surface area contributed by atoms with Gasteiger partial charge in [0.15, 0.2) is 0 Å². The summed E-state index contributed by atoms with van der Waals surface area (Å²) in [5.74, 6) is -1.14. The van der Waals surface area contributed by atoms with Crippen LogP contribution in [-0.4, -0.2) is 41.0 Å². The smallest absolute Gasteiger partial charge is 0.326 e. The standard InChI is InChI=1S/C15H18N2O3/c18-14(17-9-3-6-13(17)15(19)20)11-7-8-16-12-5-2-1-4-10(11)12/h1-2,4-5,11,13,16H,3,6-9H2,(H,19,20)/t11?,13-/m0/s1. The van der Waals surface area contributed by atoms with Crippen molar-refractivity contribution in [2.75, 3.05) is 18.4 Å². The van der Waals surface area contributed by atoms with Gasteiger partial charge in [-0.25, -0.2) is 4.79 Å². The number of amides is 1. The lowest BCUT2D eigenvalue weighted by molar-refractivity contribution is -0.148. The van der Waals surface area contributed by atoms with Crippen molar-refractivity contribution < 1.29 is 14.7 Å². The Balaban J connectivity index is 1.87. The summed E-state index contributed by atoms with van der Waals surface area (Å²) < 4.78 is 0. The highest BCUT2D eigenvalue weighted by atomic mass is 16.4. The molecule has 2 atom stereocenters. The van der Waals surface area contributed by atoms with Crippen LogP contribution >= 0.6 is 0 Å². The molecule has 2 aliphatic rings. The molecule has 5 nitrogen and oxygen atoms in total. The fraction of sp³-hybridized carbons (Fsp3) is 0.467. The van der Waals surface area contributed by atoms with E-state index in [-0.39, 0.29) is 11.8 Å². The summed E-state index contributed by atoms with van der Waals surface area (Å²) in [7, 11) is 0. The van der Waals surface area contributed by atoms with Gasteiger partial charge in [-0.1, -0.05) is 18.2 Å². The Kier molecular flexibility index (Phi) is 3.34. The first-order valence-corrected chi connectivity index (χ1v) is 7.04. The van der Waals surface area contributed by atoms with Crippen molar-refractivity contribution in [3.05, 3.63) is 29.8 Å². The lowest BCUT2D eigenvalue weighted by Crippen LogP contribution is -2.43.